The van der Waals surface area contributed by atoms with E-state index < -0.39 is 15.5 Å². The zero-order valence-corrected chi connectivity index (χ0v) is 21.6. The Bertz CT molecular complexity index is 928. The molecule has 0 bridgehead atoms. The van der Waals surface area contributed by atoms with Crippen molar-refractivity contribution in [1.29, 1.82) is 0 Å². The third-order valence-electron chi connectivity index (χ3n) is 6.90. The Morgan fingerprint density at radius 3 is 2.03 bits per heavy atom. The Morgan fingerprint density at radius 1 is 1.03 bits per heavy atom. The predicted octanol–water partition coefficient (Wildman–Crippen LogP) is 7.06. The third-order valence-corrected chi connectivity index (χ3v) is 14.3. The Hall–Kier alpha value is -1.67. The van der Waals surface area contributed by atoms with E-state index in [2.05, 4.69) is 46.5 Å². The van der Waals surface area contributed by atoms with Gasteiger partial charge in [-0.1, -0.05) is 94.1 Å². The van der Waals surface area contributed by atoms with Gasteiger partial charge in [-0.2, -0.15) is 0 Å². The maximum Gasteiger partial charge on any atom is 0.192 e. The minimum absolute atomic E-state index is 0.0775. The van der Waals surface area contributed by atoms with Crippen LogP contribution in [0.1, 0.15) is 40.0 Å². The molecule has 0 aromatic heterocycles. The van der Waals surface area contributed by atoms with Crippen molar-refractivity contribution in [2.45, 2.75) is 64.3 Å². The average Bonchev–Trinajstić information content (AvgIpc) is 2.74. The molecule has 4 heteroatoms. The van der Waals surface area contributed by atoms with Crippen molar-refractivity contribution in [2.24, 2.45) is 0 Å². The molecule has 0 amide bonds. The number of allylic oxidation sites excluding steroid dienone is 1. The summed E-state index contributed by atoms with van der Waals surface area (Å²) in [6.45, 7) is 15.9. The van der Waals surface area contributed by atoms with Crippen molar-refractivity contribution in [2.75, 3.05) is 6.16 Å². The first-order chi connectivity index (χ1) is 14.5. The van der Waals surface area contributed by atoms with E-state index in [0.717, 1.165) is 35.4 Å². The molecule has 0 unspecified atom stereocenters. The molecule has 2 nitrogen and oxygen atoms in total. The first-order valence-electron chi connectivity index (χ1n) is 11.3. The van der Waals surface area contributed by atoms with Crippen LogP contribution in [-0.4, -0.2) is 20.6 Å². The fourth-order valence-electron chi connectivity index (χ4n) is 3.85. The molecule has 31 heavy (non-hydrogen) atoms. The van der Waals surface area contributed by atoms with Crippen LogP contribution < -0.4 is 10.6 Å². The van der Waals surface area contributed by atoms with E-state index in [4.69, 9.17) is 4.43 Å². The third kappa shape index (κ3) is 5.39. The maximum absolute atomic E-state index is 14.3. The molecule has 0 aliphatic heterocycles. The summed E-state index contributed by atoms with van der Waals surface area (Å²) in [5.74, 6) is 0. The lowest BCUT2D eigenvalue weighted by atomic mass is 9.88. The summed E-state index contributed by atoms with van der Waals surface area (Å²) >= 11 is 0. The van der Waals surface area contributed by atoms with Gasteiger partial charge >= 0.3 is 0 Å². The van der Waals surface area contributed by atoms with Crippen LogP contribution in [0.4, 0.5) is 0 Å². The average molecular weight is 453 g/mol. The summed E-state index contributed by atoms with van der Waals surface area (Å²) in [6, 6.07) is 19.8. The second-order valence-corrected chi connectivity index (χ2v) is 17.7. The van der Waals surface area contributed by atoms with Crippen LogP contribution in [0, 0.1) is 0 Å². The van der Waals surface area contributed by atoms with Gasteiger partial charge in [0.1, 0.15) is 7.14 Å². The fraction of sp³-hybridized carbons (Fsp3) is 0.407. The SMILES string of the molecule is C=C1/C(=C\CP(=O)(c2ccccc2)c2ccccc2)CCC[C@@H]1O[Si](C)(C)C(C)(C)C. The van der Waals surface area contributed by atoms with Gasteiger partial charge in [-0.05, 0) is 48.5 Å². The molecule has 2 aromatic carbocycles. The van der Waals surface area contributed by atoms with Gasteiger partial charge in [0.25, 0.3) is 0 Å². The zero-order valence-electron chi connectivity index (χ0n) is 19.7. The minimum Gasteiger partial charge on any atom is -0.410 e. The predicted molar refractivity (Wildman–Crippen MR) is 138 cm³/mol. The van der Waals surface area contributed by atoms with E-state index in [1.165, 1.54) is 5.57 Å². The summed E-state index contributed by atoms with van der Waals surface area (Å²) < 4.78 is 21.0. The quantitative estimate of drug-likeness (QED) is 0.346. The van der Waals surface area contributed by atoms with Gasteiger partial charge in [-0.3, -0.25) is 0 Å². The first kappa shape index (κ1) is 24.0. The van der Waals surface area contributed by atoms with Crippen LogP contribution in [0.15, 0.2) is 84.5 Å². The van der Waals surface area contributed by atoms with E-state index in [1.54, 1.807) is 0 Å². The highest BCUT2D eigenvalue weighted by atomic mass is 31.2. The van der Waals surface area contributed by atoms with Gasteiger partial charge in [0.2, 0.25) is 0 Å². The first-order valence-corrected chi connectivity index (χ1v) is 16.1. The highest BCUT2D eigenvalue weighted by Gasteiger charge is 2.40. The molecule has 1 atom stereocenters. The van der Waals surface area contributed by atoms with Gasteiger partial charge in [-0.15, -0.1) is 0 Å². The highest BCUT2D eigenvalue weighted by molar-refractivity contribution is 7.78. The lowest BCUT2D eigenvalue weighted by Gasteiger charge is -2.41. The second kappa shape index (κ2) is 9.44. The van der Waals surface area contributed by atoms with Crippen molar-refractivity contribution in [3.05, 3.63) is 84.5 Å². The number of hydrogen-bond acceptors (Lipinski definition) is 2. The number of hydrogen-bond donors (Lipinski definition) is 0. The molecule has 2 aromatic rings. The molecular weight excluding hydrogens is 415 g/mol. The molecule has 1 aliphatic carbocycles. The van der Waals surface area contributed by atoms with Crippen molar-refractivity contribution in [1.82, 2.24) is 0 Å². The van der Waals surface area contributed by atoms with Crippen LogP contribution in [0.2, 0.25) is 18.1 Å². The highest BCUT2D eigenvalue weighted by Crippen LogP contribution is 2.45. The standard InChI is InChI=1S/C27H37O2PSi/c1-22-23(14-13-19-26(22)29-31(5,6)27(2,3)4)20-21-30(28,24-15-9-7-10-16-24)25-17-11-8-12-18-25/h7-12,15-18,20,26H,1,13-14,19,21H2,2-6H3/b23-20-/t26-/m0/s1. The van der Waals surface area contributed by atoms with Gasteiger partial charge in [-0.25, -0.2) is 0 Å². The molecule has 0 saturated heterocycles. The van der Waals surface area contributed by atoms with Crippen LogP contribution >= 0.6 is 7.14 Å². The Labute approximate surface area is 189 Å². The number of benzene rings is 2. The largest absolute Gasteiger partial charge is 0.410 e. The van der Waals surface area contributed by atoms with E-state index in [9.17, 15) is 4.57 Å². The monoisotopic (exact) mass is 452 g/mol. The summed E-state index contributed by atoms with van der Waals surface area (Å²) in [4.78, 5) is 0. The van der Waals surface area contributed by atoms with Crippen molar-refractivity contribution in [3.8, 4) is 0 Å². The Morgan fingerprint density at radius 2 is 1.55 bits per heavy atom. The molecule has 1 fully saturated rings. The lowest BCUT2D eigenvalue weighted by Crippen LogP contribution is -2.45. The van der Waals surface area contributed by atoms with E-state index in [-0.39, 0.29) is 11.1 Å². The maximum atomic E-state index is 14.3. The zero-order chi connectivity index (χ0) is 22.7. The molecule has 0 spiro atoms. The van der Waals surface area contributed by atoms with E-state index in [0.29, 0.717) is 6.16 Å². The van der Waals surface area contributed by atoms with Crippen LogP contribution in [0.5, 0.6) is 0 Å². The topological polar surface area (TPSA) is 26.3 Å². The molecular formula is C27H37O2PSi. The molecule has 0 heterocycles. The summed E-state index contributed by atoms with van der Waals surface area (Å²) in [6.07, 6.45) is 5.88. The van der Waals surface area contributed by atoms with Gasteiger partial charge in [0.15, 0.2) is 8.32 Å². The minimum atomic E-state index is -2.75. The van der Waals surface area contributed by atoms with E-state index >= 15 is 0 Å². The van der Waals surface area contributed by atoms with Crippen LogP contribution in [0.3, 0.4) is 0 Å². The number of rotatable bonds is 6. The van der Waals surface area contributed by atoms with Crippen molar-refractivity contribution < 1.29 is 8.99 Å². The summed E-state index contributed by atoms with van der Waals surface area (Å²) in [7, 11) is -4.63. The van der Waals surface area contributed by atoms with Gasteiger partial charge in [0, 0.05) is 16.8 Å². The van der Waals surface area contributed by atoms with Crippen molar-refractivity contribution in [3.63, 3.8) is 0 Å². The summed E-state index contributed by atoms with van der Waals surface area (Å²) in [5, 5.41) is 1.99. The molecule has 166 valence electrons. The Balaban J connectivity index is 1.87. The molecule has 0 radical (unpaired) electrons. The van der Waals surface area contributed by atoms with Gasteiger partial charge < -0.3 is 8.99 Å². The molecule has 0 N–H and O–H groups in total. The molecule has 3 rings (SSSR count). The Kier molecular flexibility index (Phi) is 7.31. The van der Waals surface area contributed by atoms with E-state index in [1.807, 2.05) is 60.7 Å². The van der Waals surface area contributed by atoms with Crippen LogP contribution in [0.25, 0.3) is 0 Å². The van der Waals surface area contributed by atoms with Gasteiger partial charge in [0.05, 0.1) is 6.10 Å². The fourth-order valence-corrected chi connectivity index (χ4v) is 7.68. The lowest BCUT2D eigenvalue weighted by molar-refractivity contribution is 0.195. The smallest absolute Gasteiger partial charge is 0.192 e. The van der Waals surface area contributed by atoms with Crippen LogP contribution in [-0.2, 0) is 8.99 Å². The molecule has 1 saturated carbocycles. The summed E-state index contributed by atoms with van der Waals surface area (Å²) in [5.41, 5.74) is 2.31. The van der Waals surface area contributed by atoms with Crippen molar-refractivity contribution >= 4 is 26.1 Å². The normalized spacial score (nSPS) is 19.6. The second-order valence-electron chi connectivity index (χ2n) is 10.1. The molecule has 1 aliphatic rings.